The van der Waals surface area contributed by atoms with Crippen molar-refractivity contribution in [1.29, 1.82) is 0 Å². The summed E-state index contributed by atoms with van der Waals surface area (Å²) < 4.78 is 52.3. The Morgan fingerprint density at radius 1 is 1.20 bits per heavy atom. The molecule has 9 nitrogen and oxygen atoms in total. The van der Waals surface area contributed by atoms with Crippen LogP contribution in [0.3, 0.4) is 0 Å². The third kappa shape index (κ3) is 5.56. The fraction of sp³-hybridized carbons (Fsp3) is 0.393. The number of rotatable bonds is 7. The molecule has 0 amide bonds. The van der Waals surface area contributed by atoms with Crippen molar-refractivity contribution in [1.82, 2.24) is 24.4 Å². The molecule has 3 aromatic rings. The first kappa shape index (κ1) is 27.4. The number of aromatic nitrogens is 4. The molecule has 1 atom stereocenters. The lowest BCUT2D eigenvalue weighted by Gasteiger charge is -2.34. The molecule has 0 bridgehead atoms. The number of aryl methyl sites for hydroxylation is 1. The minimum atomic E-state index is -4.50. The molecule has 2 aliphatic rings. The first-order chi connectivity index (χ1) is 19.1. The van der Waals surface area contributed by atoms with Crippen molar-refractivity contribution < 1.29 is 22.6 Å². The van der Waals surface area contributed by atoms with Crippen LogP contribution < -0.4 is 4.74 Å². The van der Waals surface area contributed by atoms with E-state index in [1.54, 1.807) is 26.3 Å². The van der Waals surface area contributed by atoms with E-state index >= 15 is 0 Å². The number of allylic oxidation sites excluding steroid dienone is 1. The van der Waals surface area contributed by atoms with Gasteiger partial charge in [-0.2, -0.15) is 13.2 Å². The molecule has 0 saturated heterocycles. The number of hydrogen-bond acceptors (Lipinski definition) is 7. The number of alkyl halides is 3. The van der Waals surface area contributed by atoms with E-state index in [4.69, 9.17) is 14.5 Å². The number of imidazole rings is 1. The van der Waals surface area contributed by atoms with E-state index in [1.165, 1.54) is 10.9 Å². The second-order valence-electron chi connectivity index (χ2n) is 9.96. The van der Waals surface area contributed by atoms with Crippen molar-refractivity contribution in [3.05, 3.63) is 70.9 Å². The Morgan fingerprint density at radius 3 is 2.52 bits per heavy atom. The van der Waals surface area contributed by atoms with Crippen molar-refractivity contribution in [3.63, 3.8) is 0 Å². The maximum absolute atomic E-state index is 13.1. The summed E-state index contributed by atoms with van der Waals surface area (Å²) in [5.41, 5.74) is 2.07. The van der Waals surface area contributed by atoms with Crippen LogP contribution in [0.15, 0.2) is 58.4 Å². The monoisotopic (exact) mass is 553 g/mol. The molecular formula is C28H30F3N7O2. The number of methoxy groups -OCH3 is 1. The summed E-state index contributed by atoms with van der Waals surface area (Å²) in [6.45, 7) is 8.64. The van der Waals surface area contributed by atoms with Gasteiger partial charge < -0.3 is 18.9 Å². The first-order valence-electron chi connectivity index (χ1n) is 12.9. The van der Waals surface area contributed by atoms with Crippen molar-refractivity contribution in [3.8, 4) is 17.3 Å². The fourth-order valence-corrected chi connectivity index (χ4v) is 4.83. The van der Waals surface area contributed by atoms with E-state index in [2.05, 4.69) is 31.6 Å². The molecule has 1 aliphatic heterocycles. The predicted molar refractivity (Wildman–Crippen MR) is 144 cm³/mol. The lowest BCUT2D eigenvalue weighted by atomic mass is 10.1. The standard InChI is InChI=1S/C28H30F3N7O2/c1-16-12-38(13-18-6-8-20(9-7-18)26-35-21(14-37(26)4)28(29,30)31)25(17(2)40-16)36-24(32-3)22-23(19-10-11-19)33-15-34-27(22)39-5/h6-9,14-16,19H,3,10-13H2,1-2,4-5H3/b36-24-. The highest BCUT2D eigenvalue weighted by Gasteiger charge is 2.35. The number of ether oxygens (including phenoxy) is 2. The van der Waals surface area contributed by atoms with Gasteiger partial charge in [0.25, 0.3) is 0 Å². The van der Waals surface area contributed by atoms with Crippen LogP contribution in [0.4, 0.5) is 13.2 Å². The van der Waals surface area contributed by atoms with Gasteiger partial charge in [0, 0.05) is 31.3 Å². The van der Waals surface area contributed by atoms with E-state index in [9.17, 15) is 13.2 Å². The van der Waals surface area contributed by atoms with Crippen molar-refractivity contribution in [2.24, 2.45) is 17.0 Å². The Kier molecular flexibility index (Phi) is 7.35. The van der Waals surface area contributed by atoms with Gasteiger partial charge in [0.1, 0.15) is 29.6 Å². The van der Waals surface area contributed by atoms with Crippen molar-refractivity contribution >= 4 is 12.6 Å². The van der Waals surface area contributed by atoms with Gasteiger partial charge in [-0.3, -0.25) is 0 Å². The zero-order valence-corrected chi connectivity index (χ0v) is 22.7. The van der Waals surface area contributed by atoms with E-state index in [0.29, 0.717) is 53.4 Å². The van der Waals surface area contributed by atoms with Crippen LogP contribution in [-0.4, -0.2) is 56.7 Å². The van der Waals surface area contributed by atoms with Gasteiger partial charge in [-0.15, -0.1) is 0 Å². The van der Waals surface area contributed by atoms with Crippen LogP contribution in [0.5, 0.6) is 5.88 Å². The average molecular weight is 554 g/mol. The molecule has 1 aromatic carbocycles. The number of aliphatic imine (C=N–C) groups is 2. The molecule has 1 fully saturated rings. The van der Waals surface area contributed by atoms with Crippen molar-refractivity contribution in [2.45, 2.75) is 51.4 Å². The molecule has 2 aromatic heterocycles. The average Bonchev–Trinajstić information content (AvgIpc) is 3.68. The molecule has 12 heteroatoms. The van der Waals surface area contributed by atoms with Gasteiger partial charge in [0.2, 0.25) is 5.88 Å². The summed E-state index contributed by atoms with van der Waals surface area (Å²) in [5, 5.41) is 0. The third-order valence-corrected chi connectivity index (χ3v) is 6.81. The Labute approximate surface area is 230 Å². The smallest absolute Gasteiger partial charge is 0.434 e. The molecular weight excluding hydrogens is 523 g/mol. The summed E-state index contributed by atoms with van der Waals surface area (Å²) in [7, 11) is 3.09. The van der Waals surface area contributed by atoms with Crippen LogP contribution >= 0.6 is 0 Å². The second-order valence-corrected chi connectivity index (χ2v) is 9.96. The topological polar surface area (TPSA) is 90.0 Å². The van der Waals surface area contributed by atoms with Gasteiger partial charge >= 0.3 is 6.18 Å². The maximum atomic E-state index is 13.1. The summed E-state index contributed by atoms with van der Waals surface area (Å²) in [6, 6.07) is 7.29. The fourth-order valence-electron chi connectivity index (χ4n) is 4.83. The highest BCUT2D eigenvalue weighted by atomic mass is 19.4. The normalized spacial score (nSPS) is 18.1. The van der Waals surface area contributed by atoms with Gasteiger partial charge in [-0.1, -0.05) is 24.3 Å². The number of hydrogen-bond donors (Lipinski definition) is 0. The van der Waals surface area contributed by atoms with Crippen LogP contribution in [0, 0.1) is 0 Å². The van der Waals surface area contributed by atoms with Crippen LogP contribution in [-0.2, 0) is 24.5 Å². The number of benzene rings is 1. The molecule has 0 N–H and O–H groups in total. The zero-order chi connectivity index (χ0) is 28.6. The summed E-state index contributed by atoms with van der Waals surface area (Å²) in [5.74, 6) is 2.51. The maximum Gasteiger partial charge on any atom is 0.434 e. The van der Waals surface area contributed by atoms with E-state index < -0.39 is 11.9 Å². The van der Waals surface area contributed by atoms with Gasteiger partial charge in [-0.05, 0) is 39.0 Å². The quantitative estimate of drug-likeness (QED) is 0.290. The highest BCUT2D eigenvalue weighted by Crippen LogP contribution is 2.42. The molecule has 210 valence electrons. The summed E-state index contributed by atoms with van der Waals surface area (Å²) >= 11 is 0. The summed E-state index contributed by atoms with van der Waals surface area (Å²) in [6.07, 6.45) is -0.0578. The van der Waals surface area contributed by atoms with Crippen molar-refractivity contribution in [2.75, 3.05) is 13.7 Å². The molecule has 1 unspecified atom stereocenters. The molecule has 40 heavy (non-hydrogen) atoms. The van der Waals surface area contributed by atoms with E-state index in [-0.39, 0.29) is 11.9 Å². The minimum absolute atomic E-state index is 0.0802. The number of nitrogens with zero attached hydrogens (tertiary/aromatic N) is 7. The Hall–Kier alpha value is -4.22. The van der Waals surface area contributed by atoms with Crippen LogP contribution in [0.25, 0.3) is 11.4 Å². The third-order valence-electron chi connectivity index (χ3n) is 6.81. The number of halogens is 3. The Morgan fingerprint density at radius 2 is 1.93 bits per heavy atom. The molecule has 0 radical (unpaired) electrons. The lowest BCUT2D eigenvalue weighted by molar-refractivity contribution is -0.140. The molecule has 1 aliphatic carbocycles. The second kappa shape index (κ2) is 10.7. The summed E-state index contributed by atoms with van der Waals surface area (Å²) in [4.78, 5) is 23.8. The van der Waals surface area contributed by atoms with E-state index in [1.807, 2.05) is 26.0 Å². The SMILES string of the molecule is C=N/C(=N\C1=C(C)OC(C)CN1Cc1ccc(-c2nc(C(F)(F)F)cn2C)cc1)c1c(OC)ncnc1C1CC1. The van der Waals surface area contributed by atoms with Gasteiger partial charge in [-0.25, -0.2) is 24.9 Å². The minimum Gasteiger partial charge on any atom is -0.490 e. The molecule has 1 saturated carbocycles. The van der Waals surface area contributed by atoms with Crippen LogP contribution in [0.1, 0.15) is 55.1 Å². The molecule has 5 rings (SSSR count). The van der Waals surface area contributed by atoms with Gasteiger partial charge in [0.15, 0.2) is 17.4 Å². The Balaban J connectivity index is 1.45. The molecule has 3 heterocycles. The van der Waals surface area contributed by atoms with Gasteiger partial charge in [0.05, 0.1) is 19.3 Å². The predicted octanol–water partition coefficient (Wildman–Crippen LogP) is 5.34. The number of amidine groups is 1. The largest absolute Gasteiger partial charge is 0.490 e. The Bertz CT molecular complexity index is 1470. The highest BCUT2D eigenvalue weighted by molar-refractivity contribution is 6.04. The molecule has 0 spiro atoms. The zero-order valence-electron chi connectivity index (χ0n) is 22.7. The lowest BCUT2D eigenvalue weighted by Crippen LogP contribution is -2.36. The van der Waals surface area contributed by atoms with Crippen LogP contribution in [0.2, 0.25) is 0 Å². The first-order valence-corrected chi connectivity index (χ1v) is 12.9. The van der Waals surface area contributed by atoms with E-state index in [0.717, 1.165) is 30.3 Å².